The van der Waals surface area contributed by atoms with Crippen molar-refractivity contribution in [2.75, 3.05) is 25.9 Å². The highest BCUT2D eigenvalue weighted by Gasteiger charge is 2.31. The van der Waals surface area contributed by atoms with Crippen LogP contribution >= 0.6 is 0 Å². The van der Waals surface area contributed by atoms with E-state index >= 15 is 0 Å². The molecule has 10 heteroatoms. The quantitative estimate of drug-likeness (QED) is 0.506. The number of piperidine rings is 1. The van der Waals surface area contributed by atoms with Gasteiger partial charge in [0.15, 0.2) is 0 Å². The van der Waals surface area contributed by atoms with Crippen molar-refractivity contribution in [2.24, 2.45) is 5.92 Å². The van der Waals surface area contributed by atoms with Crippen LogP contribution in [-0.4, -0.2) is 57.4 Å². The van der Waals surface area contributed by atoms with Gasteiger partial charge in [-0.05, 0) is 67.6 Å². The van der Waals surface area contributed by atoms with Crippen molar-refractivity contribution in [3.05, 3.63) is 59.9 Å². The summed E-state index contributed by atoms with van der Waals surface area (Å²) in [7, 11) is -7.02. The third-order valence-corrected chi connectivity index (χ3v) is 9.19. The molecule has 0 unspecified atom stereocenters. The smallest absolute Gasteiger partial charge is 0.243 e. The fourth-order valence-corrected chi connectivity index (χ4v) is 6.69. The van der Waals surface area contributed by atoms with E-state index < -0.39 is 26.1 Å². The van der Waals surface area contributed by atoms with Crippen molar-refractivity contribution < 1.29 is 26.0 Å². The summed E-state index contributed by atoms with van der Waals surface area (Å²) in [5.74, 6) is 0.267. The Labute approximate surface area is 202 Å². The highest BCUT2D eigenvalue weighted by molar-refractivity contribution is 7.89. The average Bonchev–Trinajstić information content (AvgIpc) is 2.77. The molecule has 1 saturated heterocycles. The minimum atomic E-state index is -3.82. The third kappa shape index (κ3) is 6.56. The molecule has 0 saturated carbocycles. The zero-order valence-electron chi connectivity index (χ0n) is 20.0. The molecule has 2 aromatic carbocycles. The molecule has 1 heterocycles. The maximum Gasteiger partial charge on any atom is 0.243 e. The number of rotatable bonds is 9. The van der Waals surface area contributed by atoms with Crippen LogP contribution in [0.15, 0.2) is 53.4 Å². The molecule has 34 heavy (non-hydrogen) atoms. The van der Waals surface area contributed by atoms with Crippen molar-refractivity contribution >= 4 is 20.0 Å². The Balaban J connectivity index is 1.74. The number of hydrogen-bond donors (Lipinski definition) is 0. The van der Waals surface area contributed by atoms with E-state index in [0.717, 1.165) is 0 Å². The van der Waals surface area contributed by atoms with Crippen LogP contribution in [0, 0.1) is 11.7 Å². The monoisotopic (exact) mass is 512 g/mol. The number of ether oxygens (including phenoxy) is 1. The summed E-state index contributed by atoms with van der Waals surface area (Å²) < 4.78 is 72.6. The molecule has 1 atom stereocenters. The van der Waals surface area contributed by atoms with Crippen molar-refractivity contribution in [1.82, 2.24) is 8.61 Å². The standard InChI is InChI=1S/C24H33FN2O5S2/c1-18(2)17-27(19(3)20-5-7-21(25)8-6-20)34(30,31)24-11-9-22(10-12-24)32-23-13-15-26(16-14-23)33(4,28)29/h5-12,18-19,23H,13-17H2,1-4H3/t19-/m1/s1. The second-order valence-electron chi connectivity index (χ2n) is 9.15. The molecule has 3 rings (SSSR count). The van der Waals surface area contributed by atoms with Crippen LogP contribution in [-0.2, 0) is 20.0 Å². The van der Waals surface area contributed by atoms with Crippen LogP contribution in [0.5, 0.6) is 5.75 Å². The molecule has 1 fully saturated rings. The van der Waals surface area contributed by atoms with E-state index in [1.54, 1.807) is 31.2 Å². The van der Waals surface area contributed by atoms with Gasteiger partial charge < -0.3 is 4.74 Å². The Hall–Kier alpha value is -2.01. The number of nitrogens with zero attached hydrogens (tertiary/aromatic N) is 2. The SMILES string of the molecule is CC(C)CN([C@H](C)c1ccc(F)cc1)S(=O)(=O)c1ccc(OC2CCN(S(C)(=O)=O)CC2)cc1. The minimum Gasteiger partial charge on any atom is -0.490 e. The van der Waals surface area contributed by atoms with Gasteiger partial charge in [0.25, 0.3) is 0 Å². The van der Waals surface area contributed by atoms with Crippen LogP contribution in [0.3, 0.4) is 0 Å². The molecule has 0 radical (unpaired) electrons. The summed E-state index contributed by atoms with van der Waals surface area (Å²) in [6.45, 7) is 6.83. The normalized spacial score (nSPS) is 17.3. The van der Waals surface area contributed by atoms with Gasteiger partial charge in [-0.2, -0.15) is 4.31 Å². The number of sulfonamides is 2. The molecule has 1 aliphatic heterocycles. The predicted molar refractivity (Wildman–Crippen MR) is 130 cm³/mol. The summed E-state index contributed by atoms with van der Waals surface area (Å²) in [6, 6.07) is 11.7. The molecule has 0 aliphatic carbocycles. The molecular formula is C24H33FN2O5S2. The van der Waals surface area contributed by atoms with E-state index in [-0.39, 0.29) is 22.7 Å². The fraction of sp³-hybridized carbons (Fsp3) is 0.500. The van der Waals surface area contributed by atoms with Gasteiger partial charge >= 0.3 is 0 Å². The zero-order chi connectivity index (χ0) is 25.1. The maximum absolute atomic E-state index is 13.5. The van der Waals surface area contributed by atoms with Gasteiger partial charge in [0, 0.05) is 25.7 Å². The van der Waals surface area contributed by atoms with Crippen LogP contribution in [0.4, 0.5) is 4.39 Å². The average molecular weight is 513 g/mol. The van der Waals surface area contributed by atoms with Gasteiger partial charge in [-0.1, -0.05) is 26.0 Å². The van der Waals surface area contributed by atoms with E-state index in [1.165, 1.54) is 39.1 Å². The summed E-state index contributed by atoms with van der Waals surface area (Å²) in [4.78, 5) is 0.154. The van der Waals surface area contributed by atoms with Crippen LogP contribution in [0.2, 0.25) is 0 Å². The van der Waals surface area contributed by atoms with Gasteiger partial charge in [0.05, 0.1) is 11.2 Å². The summed E-state index contributed by atoms with van der Waals surface area (Å²) in [6.07, 6.45) is 2.22. The number of halogens is 1. The maximum atomic E-state index is 13.5. The third-order valence-electron chi connectivity index (χ3n) is 5.93. The molecular weight excluding hydrogens is 479 g/mol. The Morgan fingerprint density at radius 1 is 0.971 bits per heavy atom. The Kier molecular flexibility index (Phi) is 8.38. The molecule has 0 spiro atoms. The van der Waals surface area contributed by atoms with E-state index in [0.29, 0.717) is 43.8 Å². The van der Waals surface area contributed by atoms with Crippen LogP contribution in [0.25, 0.3) is 0 Å². The van der Waals surface area contributed by atoms with Crippen molar-refractivity contribution in [2.45, 2.75) is 50.7 Å². The second kappa shape index (κ2) is 10.7. The predicted octanol–water partition coefficient (Wildman–Crippen LogP) is 4.04. The number of benzene rings is 2. The summed E-state index contributed by atoms with van der Waals surface area (Å²) in [5, 5.41) is 0. The van der Waals surface area contributed by atoms with Gasteiger partial charge in [-0.15, -0.1) is 0 Å². The zero-order valence-corrected chi connectivity index (χ0v) is 21.6. The fourth-order valence-electron chi connectivity index (χ4n) is 4.03. The van der Waals surface area contributed by atoms with Gasteiger partial charge in [-0.25, -0.2) is 25.5 Å². The Morgan fingerprint density at radius 2 is 1.53 bits per heavy atom. The largest absolute Gasteiger partial charge is 0.490 e. The Bertz CT molecular complexity index is 1160. The second-order valence-corrected chi connectivity index (χ2v) is 13.0. The van der Waals surface area contributed by atoms with Crippen molar-refractivity contribution in [3.8, 4) is 5.75 Å². The Morgan fingerprint density at radius 3 is 2.03 bits per heavy atom. The van der Waals surface area contributed by atoms with Gasteiger partial charge in [0.2, 0.25) is 20.0 Å². The molecule has 1 aliphatic rings. The number of hydrogen-bond acceptors (Lipinski definition) is 5. The minimum absolute atomic E-state index is 0.0954. The lowest BCUT2D eigenvalue weighted by atomic mass is 10.1. The molecule has 0 amide bonds. The van der Waals surface area contributed by atoms with Crippen molar-refractivity contribution in [1.29, 1.82) is 0 Å². The highest BCUT2D eigenvalue weighted by Crippen LogP contribution is 2.30. The first-order valence-corrected chi connectivity index (χ1v) is 14.7. The molecule has 188 valence electrons. The first-order valence-electron chi connectivity index (χ1n) is 11.4. The van der Waals surface area contributed by atoms with Crippen LogP contribution in [0.1, 0.15) is 45.2 Å². The van der Waals surface area contributed by atoms with Crippen LogP contribution < -0.4 is 4.74 Å². The van der Waals surface area contributed by atoms with Crippen molar-refractivity contribution in [3.63, 3.8) is 0 Å². The molecule has 0 aromatic heterocycles. The lowest BCUT2D eigenvalue weighted by Crippen LogP contribution is -2.41. The lowest BCUT2D eigenvalue weighted by Gasteiger charge is -2.31. The molecule has 0 N–H and O–H groups in total. The topological polar surface area (TPSA) is 84.0 Å². The first-order chi connectivity index (χ1) is 15.9. The summed E-state index contributed by atoms with van der Waals surface area (Å²) >= 11 is 0. The van der Waals surface area contributed by atoms with Gasteiger partial charge in [-0.3, -0.25) is 0 Å². The molecule has 0 bridgehead atoms. The highest BCUT2D eigenvalue weighted by atomic mass is 32.2. The van der Waals surface area contributed by atoms with E-state index in [9.17, 15) is 21.2 Å². The molecule has 7 nitrogen and oxygen atoms in total. The van der Waals surface area contributed by atoms with E-state index in [4.69, 9.17) is 4.74 Å². The van der Waals surface area contributed by atoms with E-state index in [1.807, 2.05) is 13.8 Å². The van der Waals surface area contributed by atoms with E-state index in [2.05, 4.69) is 0 Å². The molecule has 2 aromatic rings. The van der Waals surface area contributed by atoms with Gasteiger partial charge in [0.1, 0.15) is 17.7 Å². The lowest BCUT2D eigenvalue weighted by molar-refractivity contribution is 0.135. The first kappa shape index (κ1) is 26.6. The summed E-state index contributed by atoms with van der Waals surface area (Å²) in [5.41, 5.74) is 0.714.